The zero-order valence-electron chi connectivity index (χ0n) is 14.7. The van der Waals surface area contributed by atoms with E-state index in [0.29, 0.717) is 36.2 Å². The molecule has 0 amide bonds. The summed E-state index contributed by atoms with van der Waals surface area (Å²) in [6.07, 6.45) is 2.17. The zero-order valence-corrected chi connectivity index (χ0v) is 17.0. The van der Waals surface area contributed by atoms with Crippen molar-refractivity contribution in [3.05, 3.63) is 63.6 Å². The molecule has 0 fully saturated rings. The predicted octanol–water partition coefficient (Wildman–Crippen LogP) is 5.78. The van der Waals surface area contributed by atoms with E-state index in [4.69, 9.17) is 11.6 Å². The Morgan fingerprint density at radius 2 is 2.04 bits per heavy atom. The first kappa shape index (κ1) is 19.9. The van der Waals surface area contributed by atoms with E-state index in [1.807, 2.05) is 24.3 Å². The van der Waals surface area contributed by atoms with Crippen molar-refractivity contribution in [1.29, 1.82) is 0 Å². The van der Waals surface area contributed by atoms with Gasteiger partial charge in [0.2, 0.25) is 5.92 Å². The first-order chi connectivity index (χ1) is 12.8. The standard InChI is InChI=1S/C19H18BrClF2N4/c1-19(22,23)9-3-6-17-25-18(14-7-8-16(21)24-11-14)26-27(17)12-13-4-2-5-15(20)10-13/h2,4-5,7-8,10-11H,3,6,9,12H2,1H3. The molecule has 0 unspecified atom stereocenters. The summed E-state index contributed by atoms with van der Waals surface area (Å²) in [5, 5.41) is 4.96. The van der Waals surface area contributed by atoms with Crippen LogP contribution >= 0.6 is 27.5 Å². The summed E-state index contributed by atoms with van der Waals surface area (Å²) in [6, 6.07) is 11.3. The molecule has 8 heteroatoms. The first-order valence-electron chi connectivity index (χ1n) is 8.48. The van der Waals surface area contributed by atoms with E-state index >= 15 is 0 Å². The van der Waals surface area contributed by atoms with Gasteiger partial charge in [-0.2, -0.15) is 5.10 Å². The van der Waals surface area contributed by atoms with E-state index < -0.39 is 5.92 Å². The van der Waals surface area contributed by atoms with Gasteiger partial charge < -0.3 is 0 Å². The molecule has 0 bridgehead atoms. The lowest BCUT2D eigenvalue weighted by Gasteiger charge is -2.10. The predicted molar refractivity (Wildman–Crippen MR) is 105 cm³/mol. The summed E-state index contributed by atoms with van der Waals surface area (Å²) in [4.78, 5) is 8.62. The molecule has 0 N–H and O–H groups in total. The molecule has 0 radical (unpaired) electrons. The van der Waals surface area contributed by atoms with Gasteiger partial charge in [0.05, 0.1) is 6.54 Å². The van der Waals surface area contributed by atoms with Crippen molar-refractivity contribution in [1.82, 2.24) is 19.7 Å². The number of nitrogens with zero attached hydrogens (tertiary/aromatic N) is 4. The summed E-state index contributed by atoms with van der Waals surface area (Å²) in [5.41, 5.74) is 1.77. The number of hydrogen-bond acceptors (Lipinski definition) is 3. The lowest BCUT2D eigenvalue weighted by Crippen LogP contribution is -2.12. The number of benzene rings is 1. The SMILES string of the molecule is CC(F)(F)CCCc1nc(-c2ccc(Cl)nc2)nn1Cc1cccc(Br)c1. The number of rotatable bonds is 7. The minimum absolute atomic E-state index is 0.186. The highest BCUT2D eigenvalue weighted by Gasteiger charge is 2.21. The monoisotopic (exact) mass is 454 g/mol. The lowest BCUT2D eigenvalue weighted by atomic mass is 10.1. The smallest absolute Gasteiger partial charge is 0.245 e. The maximum Gasteiger partial charge on any atom is 0.245 e. The van der Waals surface area contributed by atoms with Crippen LogP contribution in [0.1, 0.15) is 31.2 Å². The maximum absolute atomic E-state index is 13.2. The second-order valence-electron chi connectivity index (χ2n) is 6.43. The van der Waals surface area contributed by atoms with Crippen LogP contribution in [-0.2, 0) is 13.0 Å². The van der Waals surface area contributed by atoms with Crippen LogP contribution < -0.4 is 0 Å². The van der Waals surface area contributed by atoms with Crippen LogP contribution in [0.15, 0.2) is 47.1 Å². The van der Waals surface area contributed by atoms with Gasteiger partial charge in [0.1, 0.15) is 11.0 Å². The molecule has 0 saturated heterocycles. The Labute approximate surface area is 169 Å². The van der Waals surface area contributed by atoms with Gasteiger partial charge in [-0.3, -0.25) is 0 Å². The summed E-state index contributed by atoms with van der Waals surface area (Å²) < 4.78 is 29.0. The number of halogens is 4. The van der Waals surface area contributed by atoms with Gasteiger partial charge in [-0.25, -0.2) is 23.4 Å². The summed E-state index contributed by atoms with van der Waals surface area (Å²) in [7, 11) is 0. The van der Waals surface area contributed by atoms with Crippen LogP contribution in [-0.4, -0.2) is 25.7 Å². The summed E-state index contributed by atoms with van der Waals surface area (Å²) >= 11 is 9.29. The minimum atomic E-state index is -2.68. The van der Waals surface area contributed by atoms with Gasteiger partial charge in [-0.15, -0.1) is 0 Å². The molecule has 142 valence electrons. The van der Waals surface area contributed by atoms with Crippen LogP contribution in [0.25, 0.3) is 11.4 Å². The molecule has 0 saturated carbocycles. The van der Waals surface area contributed by atoms with Gasteiger partial charge in [-0.05, 0) is 43.2 Å². The fraction of sp³-hybridized carbons (Fsp3) is 0.316. The molecular weight excluding hydrogens is 438 g/mol. The third-order valence-electron chi connectivity index (χ3n) is 3.97. The Bertz CT molecular complexity index is 907. The molecule has 2 aromatic heterocycles. The molecule has 3 rings (SSSR count). The van der Waals surface area contributed by atoms with Crippen LogP contribution in [0.2, 0.25) is 5.15 Å². The molecule has 2 heterocycles. The largest absolute Gasteiger partial charge is 0.245 e. The Hall–Kier alpha value is -1.86. The van der Waals surface area contributed by atoms with Gasteiger partial charge in [0.15, 0.2) is 5.82 Å². The summed E-state index contributed by atoms with van der Waals surface area (Å²) in [5.74, 6) is -1.51. The third kappa shape index (κ3) is 5.81. The topological polar surface area (TPSA) is 43.6 Å². The minimum Gasteiger partial charge on any atom is -0.245 e. The second kappa shape index (κ2) is 8.44. The van der Waals surface area contributed by atoms with Crippen LogP contribution in [0.3, 0.4) is 0 Å². The molecule has 27 heavy (non-hydrogen) atoms. The third-order valence-corrected chi connectivity index (χ3v) is 4.69. The van der Waals surface area contributed by atoms with Crippen LogP contribution in [0.4, 0.5) is 8.78 Å². The highest BCUT2D eigenvalue weighted by atomic mass is 79.9. The molecular formula is C19H18BrClF2N4. The Morgan fingerprint density at radius 1 is 1.22 bits per heavy atom. The summed E-state index contributed by atoms with van der Waals surface area (Å²) in [6.45, 7) is 1.44. The Balaban J connectivity index is 1.87. The number of aromatic nitrogens is 4. The Morgan fingerprint density at radius 3 is 2.70 bits per heavy atom. The van der Waals surface area contributed by atoms with E-state index in [2.05, 4.69) is 31.0 Å². The molecule has 0 spiro atoms. The first-order valence-corrected chi connectivity index (χ1v) is 9.65. The van der Waals surface area contributed by atoms with E-state index in [1.165, 1.54) is 0 Å². The average molecular weight is 456 g/mol. The van der Waals surface area contributed by atoms with Crippen molar-refractivity contribution in [3.63, 3.8) is 0 Å². The number of aryl methyl sites for hydroxylation is 1. The van der Waals surface area contributed by atoms with Gasteiger partial charge in [0, 0.05) is 29.1 Å². The zero-order chi connectivity index (χ0) is 19.4. The normalized spacial score (nSPS) is 11.7. The highest BCUT2D eigenvalue weighted by molar-refractivity contribution is 9.10. The second-order valence-corrected chi connectivity index (χ2v) is 7.74. The number of pyridine rings is 1. The van der Waals surface area contributed by atoms with Crippen molar-refractivity contribution in [2.24, 2.45) is 0 Å². The van der Waals surface area contributed by atoms with Gasteiger partial charge in [-0.1, -0.05) is 39.7 Å². The molecule has 0 aliphatic heterocycles. The van der Waals surface area contributed by atoms with Gasteiger partial charge >= 0.3 is 0 Å². The number of hydrogen-bond donors (Lipinski definition) is 0. The molecule has 4 nitrogen and oxygen atoms in total. The van der Waals surface area contributed by atoms with Gasteiger partial charge in [0.25, 0.3) is 0 Å². The molecule has 3 aromatic rings. The van der Waals surface area contributed by atoms with E-state index in [1.54, 1.807) is 23.0 Å². The van der Waals surface area contributed by atoms with Crippen LogP contribution in [0.5, 0.6) is 0 Å². The molecule has 0 atom stereocenters. The maximum atomic E-state index is 13.2. The quantitative estimate of drug-likeness (QED) is 0.424. The fourth-order valence-corrected chi connectivity index (χ4v) is 3.24. The molecule has 0 aliphatic rings. The van der Waals surface area contributed by atoms with Crippen molar-refractivity contribution in [3.8, 4) is 11.4 Å². The highest BCUT2D eigenvalue weighted by Crippen LogP contribution is 2.22. The van der Waals surface area contributed by atoms with Crippen molar-refractivity contribution < 1.29 is 8.78 Å². The molecule has 1 aromatic carbocycles. The van der Waals surface area contributed by atoms with Crippen molar-refractivity contribution in [2.75, 3.05) is 0 Å². The average Bonchev–Trinajstić information content (AvgIpc) is 2.97. The van der Waals surface area contributed by atoms with Crippen molar-refractivity contribution in [2.45, 2.75) is 38.7 Å². The lowest BCUT2D eigenvalue weighted by molar-refractivity contribution is 0.0109. The van der Waals surface area contributed by atoms with E-state index in [9.17, 15) is 8.78 Å². The van der Waals surface area contributed by atoms with E-state index in [0.717, 1.165) is 22.5 Å². The van der Waals surface area contributed by atoms with Crippen LogP contribution in [0, 0.1) is 0 Å². The van der Waals surface area contributed by atoms with E-state index in [-0.39, 0.29) is 6.42 Å². The fourth-order valence-electron chi connectivity index (χ4n) is 2.68. The van der Waals surface area contributed by atoms with Crippen molar-refractivity contribution >= 4 is 27.5 Å². The Kier molecular flexibility index (Phi) is 6.22. The molecule has 0 aliphatic carbocycles. The number of alkyl halides is 2.